The molecule has 174 valence electrons. The van der Waals surface area contributed by atoms with Crippen molar-refractivity contribution in [3.63, 3.8) is 0 Å². The van der Waals surface area contributed by atoms with Crippen molar-refractivity contribution in [2.24, 2.45) is 4.99 Å². The van der Waals surface area contributed by atoms with E-state index in [4.69, 9.17) is 14.5 Å². The van der Waals surface area contributed by atoms with Gasteiger partial charge in [-0.2, -0.15) is 4.31 Å². The van der Waals surface area contributed by atoms with Gasteiger partial charge in [-0.05, 0) is 61.2 Å². The smallest absolute Gasteiger partial charge is 0.243 e. The van der Waals surface area contributed by atoms with Gasteiger partial charge >= 0.3 is 0 Å². The minimum Gasteiger partial charge on any atom is -0.493 e. The maximum Gasteiger partial charge on any atom is 0.243 e. The highest BCUT2D eigenvalue weighted by Gasteiger charge is 2.60. The van der Waals surface area contributed by atoms with Gasteiger partial charge in [0, 0.05) is 18.2 Å². The summed E-state index contributed by atoms with van der Waals surface area (Å²) in [6.07, 6.45) is 1.26. The van der Waals surface area contributed by atoms with Gasteiger partial charge in [0.15, 0.2) is 11.5 Å². The molecule has 2 unspecified atom stereocenters. The molecule has 1 fully saturated rings. The lowest BCUT2D eigenvalue weighted by molar-refractivity contribution is 0.336. The molecule has 1 spiro atoms. The Labute approximate surface area is 199 Å². The molecule has 3 aromatic carbocycles. The summed E-state index contributed by atoms with van der Waals surface area (Å²) >= 11 is 0. The van der Waals surface area contributed by atoms with Crippen molar-refractivity contribution in [1.82, 2.24) is 4.31 Å². The van der Waals surface area contributed by atoms with Gasteiger partial charge in [0.1, 0.15) is 0 Å². The van der Waals surface area contributed by atoms with E-state index in [0.29, 0.717) is 35.8 Å². The first-order valence-electron chi connectivity index (χ1n) is 11.4. The van der Waals surface area contributed by atoms with Gasteiger partial charge < -0.3 is 9.47 Å². The van der Waals surface area contributed by atoms with Crippen LogP contribution in [-0.4, -0.2) is 45.2 Å². The highest BCUT2D eigenvalue weighted by molar-refractivity contribution is 7.89. The summed E-state index contributed by atoms with van der Waals surface area (Å²) in [6.45, 7) is 2.40. The van der Waals surface area contributed by atoms with Gasteiger partial charge in [-0.3, -0.25) is 4.99 Å². The summed E-state index contributed by atoms with van der Waals surface area (Å²) in [7, 11) is -0.439. The predicted octanol–water partition coefficient (Wildman–Crippen LogP) is 4.40. The lowest BCUT2D eigenvalue weighted by Gasteiger charge is -2.41. The normalized spacial score (nSPS) is 22.9. The highest BCUT2D eigenvalue weighted by Crippen LogP contribution is 2.56. The van der Waals surface area contributed by atoms with Crippen LogP contribution < -0.4 is 9.47 Å². The number of methoxy groups -OCH3 is 2. The Hall–Kier alpha value is -3.16. The number of hydrogen-bond donors (Lipinski definition) is 0. The van der Waals surface area contributed by atoms with Crippen LogP contribution in [0.25, 0.3) is 0 Å². The van der Waals surface area contributed by atoms with Crippen LogP contribution in [0.2, 0.25) is 0 Å². The molecular weight excluding hydrogens is 448 g/mol. The predicted molar refractivity (Wildman–Crippen MR) is 131 cm³/mol. The van der Waals surface area contributed by atoms with Crippen molar-refractivity contribution in [3.8, 4) is 11.5 Å². The molecule has 3 aromatic rings. The van der Waals surface area contributed by atoms with Gasteiger partial charge in [0.2, 0.25) is 10.0 Å². The molecule has 3 aliphatic rings. The molecule has 0 bridgehead atoms. The molecule has 0 saturated carbocycles. The number of benzene rings is 3. The standard InChI is InChI=1S/C27H26N2O4S/c1-17-8-10-19(11-9-17)34(30,31)29-13-12-27-21-6-4-5-7-22(21)28-26(27)20-16-24(33-3)23(32-2)14-18(20)15-25(27)29/h4-11,14,16,25H,12-13,15H2,1-3H3. The van der Waals surface area contributed by atoms with E-state index in [9.17, 15) is 8.42 Å². The summed E-state index contributed by atoms with van der Waals surface area (Å²) in [4.78, 5) is 5.41. The zero-order valence-electron chi connectivity index (χ0n) is 19.4. The largest absolute Gasteiger partial charge is 0.493 e. The van der Waals surface area contributed by atoms with Crippen LogP contribution in [-0.2, 0) is 21.9 Å². The van der Waals surface area contributed by atoms with Crippen LogP contribution >= 0.6 is 0 Å². The zero-order valence-corrected chi connectivity index (χ0v) is 20.2. The van der Waals surface area contributed by atoms with Crippen LogP contribution in [0.4, 0.5) is 5.69 Å². The second-order valence-electron chi connectivity index (χ2n) is 9.21. The Kier molecular flexibility index (Phi) is 4.66. The van der Waals surface area contributed by atoms with E-state index in [-0.39, 0.29) is 6.04 Å². The average molecular weight is 475 g/mol. The number of sulfonamides is 1. The quantitative estimate of drug-likeness (QED) is 0.562. The van der Waals surface area contributed by atoms with Crippen LogP contribution in [0, 0.1) is 6.92 Å². The summed E-state index contributed by atoms with van der Waals surface area (Å²) in [5.74, 6) is 1.28. The van der Waals surface area contributed by atoms with E-state index in [2.05, 4.69) is 6.07 Å². The SMILES string of the molecule is COc1cc2c(cc1OC)C1=Nc3ccccc3C13CCN(S(=O)(=O)c1ccc(C)cc1)C3C2. The van der Waals surface area contributed by atoms with Crippen LogP contribution in [0.1, 0.15) is 28.7 Å². The lowest BCUT2D eigenvalue weighted by atomic mass is 9.64. The Bertz CT molecular complexity index is 1450. The fourth-order valence-corrected chi connectivity index (χ4v) is 7.64. The van der Waals surface area contributed by atoms with Crippen molar-refractivity contribution in [1.29, 1.82) is 0 Å². The Balaban J connectivity index is 1.56. The number of rotatable bonds is 4. The summed E-state index contributed by atoms with van der Waals surface area (Å²) in [6, 6.07) is 18.9. The molecule has 0 radical (unpaired) electrons. The van der Waals surface area contributed by atoms with Crippen molar-refractivity contribution in [3.05, 3.63) is 82.9 Å². The van der Waals surface area contributed by atoms with Crippen molar-refractivity contribution in [2.45, 2.75) is 36.1 Å². The molecule has 1 aliphatic carbocycles. The Morgan fingerprint density at radius 2 is 1.71 bits per heavy atom. The summed E-state index contributed by atoms with van der Waals surface area (Å²) in [5, 5.41) is 0. The monoisotopic (exact) mass is 474 g/mol. The first-order valence-corrected chi connectivity index (χ1v) is 12.9. The maximum atomic E-state index is 13.9. The molecule has 6 nitrogen and oxygen atoms in total. The third kappa shape index (κ3) is 2.77. The van der Waals surface area contributed by atoms with Crippen molar-refractivity contribution in [2.75, 3.05) is 20.8 Å². The molecular formula is C27H26N2O4S. The van der Waals surface area contributed by atoms with Gasteiger partial charge in [-0.1, -0.05) is 35.9 Å². The summed E-state index contributed by atoms with van der Waals surface area (Å²) in [5.41, 5.74) is 5.54. The molecule has 0 N–H and O–H groups in total. The third-order valence-electron chi connectivity index (χ3n) is 7.59. The lowest BCUT2D eigenvalue weighted by Crippen LogP contribution is -2.52. The number of nitrogens with zero attached hydrogens (tertiary/aromatic N) is 2. The fraction of sp³-hybridized carbons (Fsp3) is 0.296. The molecule has 1 saturated heterocycles. The van der Waals surface area contributed by atoms with Gasteiger partial charge in [0.05, 0.1) is 35.9 Å². The number of ether oxygens (including phenoxy) is 2. The van der Waals surface area contributed by atoms with Gasteiger partial charge in [0.25, 0.3) is 0 Å². The van der Waals surface area contributed by atoms with Gasteiger partial charge in [-0.15, -0.1) is 0 Å². The topological polar surface area (TPSA) is 68.2 Å². The number of aliphatic imine (C=N–C) groups is 1. The first kappa shape index (κ1) is 21.4. The van der Waals surface area contributed by atoms with E-state index in [1.165, 1.54) is 0 Å². The molecule has 2 atom stereocenters. The third-order valence-corrected chi connectivity index (χ3v) is 9.51. The molecule has 2 heterocycles. The molecule has 2 aliphatic heterocycles. The van der Waals surface area contributed by atoms with E-state index in [0.717, 1.165) is 33.7 Å². The Morgan fingerprint density at radius 1 is 1.00 bits per heavy atom. The number of hydrogen-bond acceptors (Lipinski definition) is 5. The second-order valence-corrected chi connectivity index (χ2v) is 11.1. The number of aryl methyl sites for hydroxylation is 1. The maximum absolute atomic E-state index is 13.9. The Morgan fingerprint density at radius 3 is 2.44 bits per heavy atom. The number of fused-ring (bicyclic) bond motifs is 3. The van der Waals surface area contributed by atoms with E-state index in [1.54, 1.807) is 30.7 Å². The van der Waals surface area contributed by atoms with Gasteiger partial charge in [-0.25, -0.2) is 8.42 Å². The van der Waals surface area contributed by atoms with Crippen molar-refractivity contribution >= 4 is 21.4 Å². The minimum atomic E-state index is -3.68. The molecule has 34 heavy (non-hydrogen) atoms. The van der Waals surface area contributed by atoms with Crippen LogP contribution in [0.5, 0.6) is 11.5 Å². The molecule has 0 aromatic heterocycles. The first-order chi connectivity index (χ1) is 16.4. The van der Waals surface area contributed by atoms with E-state index >= 15 is 0 Å². The highest BCUT2D eigenvalue weighted by atomic mass is 32.2. The molecule has 6 rings (SSSR count). The van der Waals surface area contributed by atoms with E-state index in [1.807, 2.05) is 49.4 Å². The summed E-state index contributed by atoms with van der Waals surface area (Å²) < 4.78 is 40.6. The average Bonchev–Trinajstić information content (AvgIpc) is 3.40. The van der Waals surface area contributed by atoms with Crippen LogP contribution in [0.3, 0.4) is 0 Å². The molecule has 7 heteroatoms. The number of para-hydroxylation sites is 1. The van der Waals surface area contributed by atoms with E-state index < -0.39 is 15.4 Å². The zero-order chi connectivity index (χ0) is 23.7. The minimum absolute atomic E-state index is 0.271. The van der Waals surface area contributed by atoms with Crippen LogP contribution in [0.15, 0.2) is 70.6 Å². The second kappa shape index (κ2) is 7.42. The van der Waals surface area contributed by atoms with Crippen molar-refractivity contribution < 1.29 is 17.9 Å². The molecule has 0 amide bonds. The fourth-order valence-electron chi connectivity index (χ4n) is 5.97.